The van der Waals surface area contributed by atoms with E-state index in [4.69, 9.17) is 4.74 Å². The number of carbonyl (C=O) groups excluding carboxylic acids is 3. The van der Waals surface area contributed by atoms with Crippen LogP contribution in [0.2, 0.25) is 0 Å². The predicted molar refractivity (Wildman–Crippen MR) is 144 cm³/mol. The Morgan fingerprint density at radius 2 is 1.58 bits per heavy atom. The van der Waals surface area contributed by atoms with Gasteiger partial charge < -0.3 is 20.3 Å². The third-order valence-corrected chi connectivity index (χ3v) is 6.41. The maximum Gasteiger partial charge on any atom is 0.408 e. The van der Waals surface area contributed by atoms with Gasteiger partial charge in [-0.3, -0.25) is 9.59 Å². The van der Waals surface area contributed by atoms with Gasteiger partial charge in [0.25, 0.3) is 0 Å². The summed E-state index contributed by atoms with van der Waals surface area (Å²) in [5.41, 5.74) is 1.68. The summed E-state index contributed by atoms with van der Waals surface area (Å²) in [6, 6.07) is 4.31. The van der Waals surface area contributed by atoms with Crippen LogP contribution < -0.4 is 10.6 Å². The van der Waals surface area contributed by atoms with E-state index < -0.39 is 29.3 Å². The van der Waals surface area contributed by atoms with Gasteiger partial charge in [0.2, 0.25) is 11.8 Å². The molecule has 1 aromatic carbocycles. The molecule has 0 bridgehead atoms. The van der Waals surface area contributed by atoms with E-state index in [1.807, 2.05) is 60.6 Å². The van der Waals surface area contributed by atoms with Crippen LogP contribution in [0.25, 0.3) is 0 Å². The Labute approximate surface area is 217 Å². The minimum atomic E-state index is -0.812. The number of amides is 3. The number of hydrogen-bond acceptors (Lipinski definition) is 4. The van der Waals surface area contributed by atoms with Gasteiger partial charge in [0.15, 0.2) is 0 Å². The lowest BCUT2D eigenvalue weighted by molar-refractivity contribution is -0.145. The van der Waals surface area contributed by atoms with Crippen LogP contribution in [-0.2, 0) is 14.3 Å². The maximum atomic E-state index is 14.3. The summed E-state index contributed by atoms with van der Waals surface area (Å²) in [6.07, 6.45) is 0.866. The molecular formula is C29H47N3O4. The highest BCUT2D eigenvalue weighted by molar-refractivity contribution is 5.93. The minimum Gasteiger partial charge on any atom is -0.444 e. The first kappa shape index (κ1) is 29.7. The summed E-state index contributed by atoms with van der Waals surface area (Å²) in [5, 5.41) is 5.93. The molecule has 7 heteroatoms. The fourth-order valence-electron chi connectivity index (χ4n) is 4.49. The molecule has 1 fully saturated rings. The SMILES string of the molecule is CCC(C)C(NC(=O)OC(C)(C)C)C(=O)N(C(C(=O)NC(C)(C)C)c1cc(C)cc(C)c1)C1CC1C. The van der Waals surface area contributed by atoms with Crippen LogP contribution in [0.3, 0.4) is 0 Å². The first-order valence-corrected chi connectivity index (χ1v) is 13.2. The van der Waals surface area contributed by atoms with E-state index in [0.717, 1.165) is 23.1 Å². The molecule has 3 amide bonds. The molecule has 0 heterocycles. The molecule has 36 heavy (non-hydrogen) atoms. The predicted octanol–water partition coefficient (Wildman–Crippen LogP) is 5.44. The van der Waals surface area contributed by atoms with Crippen molar-refractivity contribution in [3.63, 3.8) is 0 Å². The van der Waals surface area contributed by atoms with Crippen molar-refractivity contribution in [1.82, 2.24) is 15.5 Å². The lowest BCUT2D eigenvalue weighted by Gasteiger charge is -2.38. The average Bonchev–Trinajstić information content (AvgIpc) is 3.41. The Morgan fingerprint density at radius 1 is 1.06 bits per heavy atom. The molecule has 0 aliphatic heterocycles. The van der Waals surface area contributed by atoms with Crippen molar-refractivity contribution >= 4 is 17.9 Å². The van der Waals surface area contributed by atoms with Gasteiger partial charge in [-0.1, -0.05) is 56.5 Å². The number of nitrogens with one attached hydrogen (secondary N) is 2. The van der Waals surface area contributed by atoms with Gasteiger partial charge in [-0.25, -0.2) is 4.79 Å². The third kappa shape index (κ3) is 8.24. The van der Waals surface area contributed by atoms with Gasteiger partial charge in [-0.2, -0.15) is 0 Å². The normalized spacial score (nSPS) is 20.1. The van der Waals surface area contributed by atoms with E-state index >= 15 is 0 Å². The fourth-order valence-corrected chi connectivity index (χ4v) is 4.49. The van der Waals surface area contributed by atoms with Crippen molar-refractivity contribution in [3.8, 4) is 0 Å². The summed E-state index contributed by atoms with van der Waals surface area (Å²) in [5.74, 6) is -0.353. The molecule has 0 aromatic heterocycles. The van der Waals surface area contributed by atoms with Crippen molar-refractivity contribution in [2.45, 2.75) is 118 Å². The lowest BCUT2D eigenvalue weighted by Crippen LogP contribution is -2.57. The second-order valence-corrected chi connectivity index (χ2v) is 12.6. The molecule has 2 rings (SSSR count). The molecule has 0 saturated heterocycles. The number of carbonyl (C=O) groups is 3. The highest BCUT2D eigenvalue weighted by Crippen LogP contribution is 2.41. The zero-order valence-corrected chi connectivity index (χ0v) is 24.1. The van der Waals surface area contributed by atoms with Crippen molar-refractivity contribution in [3.05, 3.63) is 34.9 Å². The van der Waals surface area contributed by atoms with E-state index in [9.17, 15) is 14.4 Å². The Bertz CT molecular complexity index is 940. The molecule has 1 aliphatic rings. The minimum absolute atomic E-state index is 0.0824. The largest absolute Gasteiger partial charge is 0.444 e. The van der Waals surface area contributed by atoms with Gasteiger partial charge in [0.1, 0.15) is 17.7 Å². The monoisotopic (exact) mass is 501 g/mol. The number of alkyl carbamates (subject to hydrolysis) is 1. The zero-order valence-electron chi connectivity index (χ0n) is 24.1. The molecule has 1 saturated carbocycles. The Balaban J connectivity index is 2.58. The quantitative estimate of drug-likeness (QED) is 0.497. The van der Waals surface area contributed by atoms with Gasteiger partial charge in [-0.05, 0) is 79.2 Å². The van der Waals surface area contributed by atoms with Crippen LogP contribution in [-0.4, -0.2) is 46.0 Å². The summed E-state index contributed by atoms with van der Waals surface area (Å²) < 4.78 is 5.48. The second-order valence-electron chi connectivity index (χ2n) is 12.6. The standard InChI is InChI=1S/C29H47N3O4/c1-12-19(4)23(30-27(35)36-29(9,10)11)26(34)32(22-16-20(22)5)24(25(33)31-28(6,7)8)21-14-17(2)13-18(3)15-21/h13-15,19-20,22-24H,12,16H2,1-11H3,(H,30,35)(H,31,33). The van der Waals surface area contributed by atoms with Crippen LogP contribution in [0.15, 0.2) is 18.2 Å². The average molecular weight is 502 g/mol. The second kappa shape index (κ2) is 11.2. The molecule has 1 aromatic rings. The molecule has 0 spiro atoms. The highest BCUT2D eigenvalue weighted by atomic mass is 16.6. The number of nitrogens with zero attached hydrogens (tertiary/aromatic N) is 1. The van der Waals surface area contributed by atoms with E-state index in [0.29, 0.717) is 6.42 Å². The Morgan fingerprint density at radius 3 is 2.00 bits per heavy atom. The highest BCUT2D eigenvalue weighted by Gasteiger charge is 2.49. The Kier molecular flexibility index (Phi) is 9.25. The number of hydrogen-bond donors (Lipinski definition) is 2. The van der Waals surface area contributed by atoms with Crippen molar-refractivity contribution in [2.24, 2.45) is 11.8 Å². The summed E-state index contributed by atoms with van der Waals surface area (Å²) >= 11 is 0. The number of benzene rings is 1. The summed E-state index contributed by atoms with van der Waals surface area (Å²) in [4.78, 5) is 42.6. The number of rotatable bonds is 8. The van der Waals surface area contributed by atoms with Gasteiger partial charge in [-0.15, -0.1) is 0 Å². The topological polar surface area (TPSA) is 87.7 Å². The van der Waals surface area contributed by atoms with E-state index in [1.165, 1.54) is 0 Å². The molecule has 5 atom stereocenters. The van der Waals surface area contributed by atoms with Crippen LogP contribution in [0.4, 0.5) is 4.79 Å². The number of ether oxygens (including phenoxy) is 1. The van der Waals surface area contributed by atoms with E-state index in [-0.39, 0.29) is 29.7 Å². The molecule has 2 N–H and O–H groups in total. The zero-order chi connectivity index (χ0) is 27.6. The van der Waals surface area contributed by atoms with Crippen molar-refractivity contribution in [1.29, 1.82) is 0 Å². The molecule has 202 valence electrons. The Hall–Kier alpha value is -2.57. The maximum absolute atomic E-state index is 14.3. The fraction of sp³-hybridized carbons (Fsp3) is 0.690. The van der Waals surface area contributed by atoms with Gasteiger partial charge >= 0.3 is 6.09 Å². The first-order valence-electron chi connectivity index (χ1n) is 13.2. The van der Waals surface area contributed by atoms with Gasteiger partial charge in [0, 0.05) is 11.6 Å². The third-order valence-electron chi connectivity index (χ3n) is 6.41. The van der Waals surface area contributed by atoms with Crippen molar-refractivity contribution in [2.75, 3.05) is 0 Å². The van der Waals surface area contributed by atoms with Crippen LogP contribution >= 0.6 is 0 Å². The number of aryl methyl sites for hydroxylation is 2. The van der Waals surface area contributed by atoms with E-state index in [1.54, 1.807) is 25.7 Å². The lowest BCUT2D eigenvalue weighted by atomic mass is 9.94. The first-order chi connectivity index (χ1) is 16.4. The van der Waals surface area contributed by atoms with Crippen LogP contribution in [0.1, 0.15) is 97.9 Å². The van der Waals surface area contributed by atoms with E-state index in [2.05, 4.69) is 23.6 Å². The van der Waals surface area contributed by atoms with Crippen LogP contribution in [0.5, 0.6) is 0 Å². The summed E-state index contributed by atoms with van der Waals surface area (Å²) in [7, 11) is 0. The van der Waals surface area contributed by atoms with Crippen molar-refractivity contribution < 1.29 is 19.1 Å². The molecule has 0 radical (unpaired) electrons. The molecule has 1 aliphatic carbocycles. The smallest absolute Gasteiger partial charge is 0.408 e. The molecule has 5 unspecified atom stereocenters. The molecule has 7 nitrogen and oxygen atoms in total. The summed E-state index contributed by atoms with van der Waals surface area (Å²) in [6.45, 7) is 21.2. The van der Waals surface area contributed by atoms with Crippen LogP contribution in [0, 0.1) is 25.7 Å². The molecular weight excluding hydrogens is 454 g/mol. The van der Waals surface area contributed by atoms with Gasteiger partial charge in [0.05, 0.1) is 0 Å².